The Morgan fingerprint density at radius 3 is 1.18 bits per heavy atom. The number of pyridine rings is 1. The molecule has 0 fully saturated rings. The van der Waals surface area contributed by atoms with Gasteiger partial charge in [0.05, 0.1) is 0 Å². The number of hydrogen-bond acceptors (Lipinski definition) is 9. The molecule has 0 bridgehead atoms. The Hall–Kier alpha value is -4.37. The van der Waals surface area contributed by atoms with Crippen LogP contribution < -0.4 is 19.6 Å². The quantitative estimate of drug-likeness (QED) is 0.192. The first-order chi connectivity index (χ1) is 18.3. The molecule has 39 heavy (non-hydrogen) atoms. The van der Waals surface area contributed by atoms with E-state index in [4.69, 9.17) is 26.6 Å². The van der Waals surface area contributed by atoms with Gasteiger partial charge in [-0.15, -0.1) is 13.3 Å². The molecule has 200 valence electrons. The van der Waals surface area contributed by atoms with E-state index in [1.807, 2.05) is 12.1 Å². The zero-order chi connectivity index (χ0) is 28.0. The Morgan fingerprint density at radius 1 is 0.538 bits per heavy atom. The molecular weight excluding hydrogens is 530 g/mol. The Kier molecular flexibility index (Phi) is 10.6. The van der Waals surface area contributed by atoms with Crippen LogP contribution in [-0.2, 0) is 17.1 Å². The second kappa shape index (κ2) is 13.4. The van der Waals surface area contributed by atoms with E-state index in [1.165, 1.54) is 44.8 Å². The summed E-state index contributed by atoms with van der Waals surface area (Å²) in [6.45, 7) is 17.1. The van der Waals surface area contributed by atoms with Crippen LogP contribution in [0.25, 0.3) is 0 Å². The summed E-state index contributed by atoms with van der Waals surface area (Å²) in [5, 5.41) is 24.0. The van der Waals surface area contributed by atoms with Gasteiger partial charge in [-0.05, 0) is 101 Å². The standard InChI is InChI=1S/C29H31N5.Fe.2N2/c1-20-14-22(3)28(23(4)15-20)33-12-10-31(18-33)26-8-7-9-27(30-26)32-11-13-34(19-32)29-24(5)16-21(2)17-25(29)6;;2*1-2/h7-19H,1-6H3;;;/q-2;+2;;. The molecule has 0 aliphatic carbocycles. The molecule has 0 saturated heterocycles. The molecule has 3 heterocycles. The van der Waals surface area contributed by atoms with Crippen molar-refractivity contribution in [3.63, 3.8) is 0 Å². The van der Waals surface area contributed by atoms with E-state index >= 15 is 0 Å². The fourth-order valence-corrected chi connectivity index (χ4v) is 5.10. The zero-order valence-electron chi connectivity index (χ0n) is 22.9. The van der Waals surface area contributed by atoms with E-state index in [0.717, 1.165) is 11.6 Å². The van der Waals surface area contributed by atoms with Crippen molar-refractivity contribution in [3.05, 3.63) is 114 Å². The van der Waals surface area contributed by atoms with Crippen molar-refractivity contribution >= 4 is 23.0 Å². The molecule has 5 rings (SSSR count). The van der Waals surface area contributed by atoms with Gasteiger partial charge in [-0.2, -0.15) is 0 Å². The number of aryl methyl sites for hydroxylation is 6. The van der Waals surface area contributed by atoms with Crippen LogP contribution in [0.4, 0.5) is 23.0 Å². The summed E-state index contributed by atoms with van der Waals surface area (Å²) in [5.41, 5.74) is 10.1. The van der Waals surface area contributed by atoms with Crippen molar-refractivity contribution in [2.75, 3.05) is 19.6 Å². The van der Waals surface area contributed by atoms with Gasteiger partial charge < -0.3 is 19.6 Å². The average Bonchev–Trinajstić information content (AvgIpc) is 3.56. The molecule has 2 aliphatic rings. The SMILES string of the molecule is Cc1cc(C)c(N2C=CN(c3cccc(N4C=CN(c5c(C)cc(C)cc5C)[CH-]4)n3)[CH-]2)c(C)c1.N#N.N#N.[Fe+2]. The maximum Gasteiger partial charge on any atom is 2.00 e. The fourth-order valence-electron chi connectivity index (χ4n) is 5.10. The molecule has 9 nitrogen and oxygen atoms in total. The summed E-state index contributed by atoms with van der Waals surface area (Å²) >= 11 is 0. The van der Waals surface area contributed by atoms with Crippen molar-refractivity contribution in [1.29, 1.82) is 21.6 Å². The number of benzene rings is 2. The van der Waals surface area contributed by atoms with Gasteiger partial charge in [-0.25, -0.2) is 4.98 Å². The summed E-state index contributed by atoms with van der Waals surface area (Å²) < 4.78 is 0. The number of hydrogen-bond donors (Lipinski definition) is 0. The normalized spacial score (nSPS) is 13.4. The van der Waals surface area contributed by atoms with Gasteiger partial charge in [0.2, 0.25) is 0 Å². The van der Waals surface area contributed by atoms with Gasteiger partial charge in [0.25, 0.3) is 0 Å². The largest absolute Gasteiger partial charge is 2.00 e. The molecular formula is C29H31FeN9. The predicted octanol–water partition coefficient (Wildman–Crippen LogP) is 6.82. The van der Waals surface area contributed by atoms with Crippen molar-refractivity contribution in [3.8, 4) is 0 Å². The molecule has 1 aromatic heterocycles. The Labute approximate surface area is 241 Å². The third-order valence-corrected chi connectivity index (χ3v) is 6.31. The molecule has 2 aliphatic heterocycles. The number of anilines is 4. The molecule has 3 aromatic rings. The topological polar surface area (TPSA) is 121 Å². The molecule has 0 N–H and O–H groups in total. The van der Waals surface area contributed by atoms with E-state index in [1.54, 1.807) is 0 Å². The van der Waals surface area contributed by atoms with Crippen LogP contribution in [0, 0.1) is 76.5 Å². The maximum atomic E-state index is 6.00. The molecule has 0 radical (unpaired) electrons. The number of nitrogens with zero attached hydrogens (tertiary/aromatic N) is 9. The van der Waals surface area contributed by atoms with E-state index in [2.05, 4.69) is 130 Å². The van der Waals surface area contributed by atoms with Crippen LogP contribution in [-0.4, -0.2) is 4.98 Å². The monoisotopic (exact) mass is 561 g/mol. The third-order valence-electron chi connectivity index (χ3n) is 6.31. The molecule has 0 saturated carbocycles. The number of aromatic nitrogens is 1. The van der Waals surface area contributed by atoms with Gasteiger partial charge in [0, 0.05) is 32.9 Å². The summed E-state index contributed by atoms with van der Waals surface area (Å²) in [4.78, 5) is 13.4. The minimum Gasteiger partial charge on any atom is -0.479 e. The first-order valence-corrected chi connectivity index (χ1v) is 12.0. The minimum absolute atomic E-state index is 0. The van der Waals surface area contributed by atoms with E-state index < -0.39 is 0 Å². The van der Waals surface area contributed by atoms with E-state index in [-0.39, 0.29) is 17.1 Å². The molecule has 0 unspecified atom stereocenters. The minimum atomic E-state index is 0. The van der Waals surface area contributed by atoms with Gasteiger partial charge in [-0.1, -0.05) is 41.5 Å². The van der Waals surface area contributed by atoms with Crippen molar-refractivity contribution in [1.82, 2.24) is 4.98 Å². The Morgan fingerprint density at radius 2 is 0.846 bits per heavy atom. The summed E-state index contributed by atoms with van der Waals surface area (Å²) in [7, 11) is 0. The molecule has 0 atom stereocenters. The van der Waals surface area contributed by atoms with Gasteiger partial charge >= 0.3 is 17.1 Å². The second-order valence-corrected chi connectivity index (χ2v) is 9.30. The molecule has 2 aromatic carbocycles. The van der Waals surface area contributed by atoms with Crippen LogP contribution in [0.3, 0.4) is 0 Å². The summed E-state index contributed by atoms with van der Waals surface area (Å²) in [5.74, 6) is 1.75. The first kappa shape index (κ1) is 30.9. The predicted molar refractivity (Wildman–Crippen MR) is 149 cm³/mol. The average molecular weight is 561 g/mol. The molecule has 0 amide bonds. The fraction of sp³-hybridized carbons (Fsp3) is 0.207. The third kappa shape index (κ3) is 6.56. The van der Waals surface area contributed by atoms with Crippen LogP contribution in [0.2, 0.25) is 0 Å². The van der Waals surface area contributed by atoms with Crippen LogP contribution in [0.5, 0.6) is 0 Å². The smallest absolute Gasteiger partial charge is 0.479 e. The van der Waals surface area contributed by atoms with E-state index in [0.29, 0.717) is 0 Å². The van der Waals surface area contributed by atoms with Gasteiger partial charge in [0.15, 0.2) is 0 Å². The molecule has 10 heteroatoms. The molecule has 0 spiro atoms. The first-order valence-electron chi connectivity index (χ1n) is 12.0. The number of rotatable bonds is 4. The van der Waals surface area contributed by atoms with Crippen molar-refractivity contribution in [2.24, 2.45) is 0 Å². The zero-order valence-corrected chi connectivity index (χ0v) is 24.0. The van der Waals surface area contributed by atoms with Crippen LogP contribution in [0.1, 0.15) is 33.4 Å². The maximum absolute atomic E-state index is 6.00. The van der Waals surface area contributed by atoms with Crippen LogP contribution in [0.15, 0.2) is 67.3 Å². The van der Waals surface area contributed by atoms with E-state index in [9.17, 15) is 0 Å². The van der Waals surface area contributed by atoms with Gasteiger partial charge in [-0.3, -0.25) is 0 Å². The second-order valence-electron chi connectivity index (χ2n) is 9.30. The van der Waals surface area contributed by atoms with Crippen molar-refractivity contribution in [2.45, 2.75) is 41.5 Å². The summed E-state index contributed by atoms with van der Waals surface area (Å²) in [6.07, 6.45) is 8.29. The van der Waals surface area contributed by atoms with Crippen molar-refractivity contribution < 1.29 is 17.1 Å². The Balaban J connectivity index is 0.00000102. The summed E-state index contributed by atoms with van der Waals surface area (Å²) in [6, 6.07) is 15.0. The van der Waals surface area contributed by atoms with Crippen LogP contribution >= 0.6 is 0 Å². The van der Waals surface area contributed by atoms with Gasteiger partial charge in [0.1, 0.15) is 11.6 Å². The Bertz CT molecular complexity index is 1260.